The maximum atomic E-state index is 13.6. The number of benzene rings is 4. The van der Waals surface area contributed by atoms with Crippen molar-refractivity contribution in [1.29, 1.82) is 0 Å². The highest BCUT2D eigenvalue weighted by Gasteiger charge is 2.37. The lowest BCUT2D eigenvalue weighted by Crippen LogP contribution is -2.15. The summed E-state index contributed by atoms with van der Waals surface area (Å²) in [5.74, 6) is -3.39. The van der Waals surface area contributed by atoms with Gasteiger partial charge < -0.3 is 15.1 Å². The molecule has 4 aromatic rings. The van der Waals surface area contributed by atoms with E-state index in [0.717, 1.165) is 35.6 Å². The first-order valence-corrected chi connectivity index (χ1v) is 12.6. The Bertz CT molecular complexity index is 1610. The molecule has 210 valence electrons. The van der Waals surface area contributed by atoms with Gasteiger partial charge >= 0.3 is 24.3 Å². The molecule has 0 saturated heterocycles. The van der Waals surface area contributed by atoms with Gasteiger partial charge in [0.25, 0.3) is 0 Å². The fraction of sp³-hybridized carbons (Fsp3) is 0.103. The van der Waals surface area contributed by atoms with E-state index in [0.29, 0.717) is 20.9 Å². The van der Waals surface area contributed by atoms with Gasteiger partial charge in [-0.15, -0.1) is 0 Å². The fourth-order valence-electron chi connectivity index (χ4n) is 4.64. The average molecular weight is 590 g/mol. The standard InChI is InChI=1S/C29H17F6NO4S/c1-36-22-8-4-16(14-2-6-18(26(37)38)20(10-14)28(30,31)32)12-24(22)41-25-13-17(5-9-23(25)36)15-3-7-19(27(39)40)21(11-15)29(33,34)35/h2-13H,1H3,(H,37,38)(H,39,40). The van der Waals surface area contributed by atoms with Gasteiger partial charge in [-0.3, -0.25) is 0 Å². The number of alkyl halides is 6. The summed E-state index contributed by atoms with van der Waals surface area (Å²) in [6, 6.07) is 16.0. The van der Waals surface area contributed by atoms with E-state index >= 15 is 0 Å². The van der Waals surface area contributed by atoms with Crippen LogP contribution in [0.25, 0.3) is 22.3 Å². The second kappa shape index (κ2) is 9.88. The third-order valence-electron chi connectivity index (χ3n) is 6.64. The Morgan fingerprint density at radius 3 is 1.29 bits per heavy atom. The van der Waals surface area contributed by atoms with Gasteiger partial charge in [-0.05, 0) is 70.8 Å². The maximum absolute atomic E-state index is 13.6. The smallest absolute Gasteiger partial charge is 0.417 e. The maximum Gasteiger partial charge on any atom is 0.417 e. The number of carboxylic acid groups (broad SMARTS) is 2. The van der Waals surface area contributed by atoms with Gasteiger partial charge in [0.15, 0.2) is 0 Å². The van der Waals surface area contributed by atoms with Gasteiger partial charge in [-0.25, -0.2) is 9.59 Å². The molecule has 0 fully saturated rings. The average Bonchev–Trinajstić information content (AvgIpc) is 2.91. The van der Waals surface area contributed by atoms with E-state index < -0.39 is 46.5 Å². The number of hydrogen-bond donors (Lipinski definition) is 2. The lowest BCUT2D eigenvalue weighted by atomic mass is 9.98. The molecule has 5 rings (SSSR count). The Morgan fingerprint density at radius 1 is 0.610 bits per heavy atom. The molecule has 2 N–H and O–H groups in total. The monoisotopic (exact) mass is 589 g/mol. The van der Waals surface area contributed by atoms with Crippen molar-refractivity contribution in [2.24, 2.45) is 0 Å². The minimum Gasteiger partial charge on any atom is -0.478 e. The number of carbonyl (C=O) groups is 2. The van der Waals surface area contributed by atoms with Gasteiger partial charge in [0, 0.05) is 16.8 Å². The number of hydrogen-bond acceptors (Lipinski definition) is 4. The summed E-state index contributed by atoms with van der Waals surface area (Å²) in [5, 5.41) is 18.4. The van der Waals surface area contributed by atoms with Crippen LogP contribution in [0.3, 0.4) is 0 Å². The molecule has 0 aromatic heterocycles. The molecule has 0 amide bonds. The number of anilines is 2. The molecule has 0 spiro atoms. The van der Waals surface area contributed by atoms with Crippen LogP contribution in [0, 0.1) is 0 Å². The summed E-state index contributed by atoms with van der Waals surface area (Å²) in [5.41, 5.74) is -1.66. The van der Waals surface area contributed by atoms with E-state index in [-0.39, 0.29) is 11.1 Å². The van der Waals surface area contributed by atoms with Crippen LogP contribution in [0.4, 0.5) is 37.7 Å². The van der Waals surface area contributed by atoms with Crippen molar-refractivity contribution in [2.45, 2.75) is 22.1 Å². The number of aromatic carboxylic acids is 2. The first kappa shape index (κ1) is 28.1. The van der Waals surface area contributed by atoms with Gasteiger partial charge in [0.05, 0.1) is 33.6 Å². The van der Waals surface area contributed by atoms with Crippen LogP contribution in [0.1, 0.15) is 31.8 Å². The number of carboxylic acids is 2. The Balaban J connectivity index is 1.54. The predicted octanol–water partition coefficient (Wildman–Crippen LogP) is 8.69. The summed E-state index contributed by atoms with van der Waals surface area (Å²) in [7, 11) is 1.77. The SMILES string of the molecule is CN1c2ccc(-c3ccc(C(=O)O)c(C(F)(F)F)c3)cc2Sc2cc(-c3ccc(C(=O)O)c(C(F)(F)F)c3)ccc21. The van der Waals surface area contributed by atoms with Crippen LogP contribution < -0.4 is 4.90 Å². The molecule has 1 aliphatic heterocycles. The molecule has 0 aliphatic carbocycles. The molecule has 0 saturated carbocycles. The van der Waals surface area contributed by atoms with Crippen molar-refractivity contribution < 1.29 is 46.1 Å². The molecule has 1 heterocycles. The third-order valence-corrected chi connectivity index (χ3v) is 7.73. The molecule has 0 bridgehead atoms. The van der Waals surface area contributed by atoms with Crippen LogP contribution in [-0.2, 0) is 12.4 Å². The molecule has 41 heavy (non-hydrogen) atoms. The Morgan fingerprint density at radius 2 is 0.951 bits per heavy atom. The minimum absolute atomic E-state index is 0.158. The van der Waals surface area contributed by atoms with Gasteiger partial charge in [-0.2, -0.15) is 26.3 Å². The highest BCUT2D eigenvalue weighted by atomic mass is 32.2. The number of nitrogens with zero attached hydrogens (tertiary/aromatic N) is 1. The predicted molar refractivity (Wildman–Crippen MR) is 140 cm³/mol. The molecule has 5 nitrogen and oxygen atoms in total. The normalized spacial score (nSPS) is 13.0. The number of rotatable bonds is 4. The van der Waals surface area contributed by atoms with Crippen molar-refractivity contribution in [2.75, 3.05) is 11.9 Å². The quantitative estimate of drug-likeness (QED) is 0.232. The number of halogens is 6. The van der Waals surface area contributed by atoms with Crippen LogP contribution in [0.15, 0.2) is 82.6 Å². The Labute approximate surface area is 232 Å². The number of fused-ring (bicyclic) bond motifs is 2. The minimum atomic E-state index is -4.88. The summed E-state index contributed by atoms with van der Waals surface area (Å²) in [6.45, 7) is 0. The van der Waals surface area contributed by atoms with Crippen LogP contribution in [0.2, 0.25) is 0 Å². The zero-order valence-corrected chi connectivity index (χ0v) is 21.6. The summed E-state index contributed by atoms with van der Waals surface area (Å²) >= 11 is 1.27. The summed E-state index contributed by atoms with van der Waals surface area (Å²) in [4.78, 5) is 25.8. The first-order valence-electron chi connectivity index (χ1n) is 11.7. The Kier molecular flexibility index (Phi) is 6.77. The van der Waals surface area contributed by atoms with E-state index in [4.69, 9.17) is 0 Å². The second-order valence-electron chi connectivity index (χ2n) is 9.15. The van der Waals surface area contributed by atoms with E-state index in [2.05, 4.69) is 0 Å². The second-order valence-corrected chi connectivity index (χ2v) is 10.2. The first-order chi connectivity index (χ1) is 19.1. The molecular formula is C29H17F6NO4S. The highest BCUT2D eigenvalue weighted by Crippen LogP contribution is 2.50. The summed E-state index contributed by atoms with van der Waals surface area (Å²) < 4.78 is 81.4. The van der Waals surface area contributed by atoms with E-state index in [1.807, 2.05) is 4.90 Å². The van der Waals surface area contributed by atoms with Gasteiger partial charge in [-0.1, -0.05) is 36.0 Å². The van der Waals surface area contributed by atoms with E-state index in [9.17, 15) is 46.1 Å². The molecule has 4 aromatic carbocycles. The third kappa shape index (κ3) is 5.22. The fourth-order valence-corrected chi connectivity index (χ4v) is 5.87. The zero-order valence-electron chi connectivity index (χ0n) is 20.8. The lowest BCUT2D eigenvalue weighted by Gasteiger charge is -2.30. The van der Waals surface area contributed by atoms with E-state index in [1.165, 1.54) is 23.9 Å². The van der Waals surface area contributed by atoms with Crippen molar-refractivity contribution >= 4 is 35.1 Å². The van der Waals surface area contributed by atoms with Gasteiger partial charge in [0.2, 0.25) is 0 Å². The lowest BCUT2D eigenvalue weighted by molar-refractivity contribution is -0.138. The van der Waals surface area contributed by atoms with Crippen molar-refractivity contribution in [3.8, 4) is 22.3 Å². The topological polar surface area (TPSA) is 77.8 Å². The van der Waals surface area contributed by atoms with Crippen molar-refractivity contribution in [3.05, 3.63) is 95.1 Å². The zero-order chi connectivity index (χ0) is 29.9. The Hall–Kier alpha value is -4.45. The van der Waals surface area contributed by atoms with Crippen molar-refractivity contribution in [3.63, 3.8) is 0 Å². The molecule has 12 heteroatoms. The molecule has 0 unspecified atom stereocenters. The summed E-state index contributed by atoms with van der Waals surface area (Å²) in [6.07, 6.45) is -9.76. The van der Waals surface area contributed by atoms with E-state index in [1.54, 1.807) is 43.4 Å². The van der Waals surface area contributed by atoms with Crippen molar-refractivity contribution in [1.82, 2.24) is 0 Å². The van der Waals surface area contributed by atoms with Crippen LogP contribution >= 0.6 is 11.8 Å². The van der Waals surface area contributed by atoms with Crippen LogP contribution in [-0.4, -0.2) is 29.2 Å². The van der Waals surface area contributed by atoms with Gasteiger partial charge in [0.1, 0.15) is 0 Å². The molecule has 1 aliphatic rings. The highest BCUT2D eigenvalue weighted by molar-refractivity contribution is 7.99. The van der Waals surface area contributed by atoms with Crippen LogP contribution in [0.5, 0.6) is 0 Å². The molecule has 0 radical (unpaired) electrons. The largest absolute Gasteiger partial charge is 0.478 e. The molecular weight excluding hydrogens is 572 g/mol. The molecule has 0 atom stereocenters.